The number of rotatable bonds is 5. The molecule has 0 unspecified atom stereocenters. The number of imidazole rings is 1. The molecule has 5 rings (SSSR count). The topological polar surface area (TPSA) is 81.8 Å². The maximum atomic E-state index is 12.7. The molecular formula is C24H27N5O3. The number of hydrogen-bond acceptors (Lipinski definition) is 5. The van der Waals surface area contributed by atoms with Gasteiger partial charge in [0.2, 0.25) is 11.9 Å². The van der Waals surface area contributed by atoms with E-state index in [1.54, 1.807) is 4.90 Å². The summed E-state index contributed by atoms with van der Waals surface area (Å²) in [5, 5.41) is 0. The highest BCUT2D eigenvalue weighted by Crippen LogP contribution is 2.24. The van der Waals surface area contributed by atoms with Crippen LogP contribution in [0.1, 0.15) is 19.3 Å². The van der Waals surface area contributed by atoms with Crippen molar-refractivity contribution < 1.29 is 14.3 Å². The van der Waals surface area contributed by atoms with Crippen LogP contribution in [-0.4, -0.2) is 66.0 Å². The van der Waals surface area contributed by atoms with Gasteiger partial charge in [-0.1, -0.05) is 12.1 Å². The lowest BCUT2D eigenvalue weighted by atomic mass is 10.3. The van der Waals surface area contributed by atoms with Crippen molar-refractivity contribution in [2.45, 2.75) is 19.3 Å². The second-order valence-electron chi connectivity index (χ2n) is 8.23. The molecule has 3 heterocycles. The predicted molar refractivity (Wildman–Crippen MR) is 123 cm³/mol. The Kier molecular flexibility index (Phi) is 5.66. The molecule has 8 nitrogen and oxygen atoms in total. The molecule has 2 aliphatic rings. The Hall–Kier alpha value is -3.55. The van der Waals surface area contributed by atoms with E-state index >= 15 is 0 Å². The van der Waals surface area contributed by atoms with Gasteiger partial charge in [-0.25, -0.2) is 4.98 Å². The van der Waals surface area contributed by atoms with Crippen LogP contribution in [0.3, 0.4) is 0 Å². The molecule has 0 atom stereocenters. The number of para-hydroxylation sites is 2. The van der Waals surface area contributed by atoms with Gasteiger partial charge in [0, 0.05) is 44.8 Å². The van der Waals surface area contributed by atoms with E-state index in [2.05, 4.69) is 14.9 Å². The molecule has 2 fully saturated rings. The molecule has 1 N–H and O–H groups in total. The van der Waals surface area contributed by atoms with Crippen molar-refractivity contribution in [3.63, 3.8) is 0 Å². The van der Waals surface area contributed by atoms with E-state index in [1.165, 1.54) is 0 Å². The van der Waals surface area contributed by atoms with Crippen LogP contribution in [-0.2, 0) is 9.59 Å². The number of aromatic nitrogens is 2. The molecule has 2 amide bonds. The molecule has 0 saturated carbocycles. The predicted octanol–water partition coefficient (Wildman–Crippen LogP) is 2.81. The third kappa shape index (κ3) is 4.26. The number of H-pyrrole nitrogens is 1. The molecule has 0 aliphatic carbocycles. The standard InChI is InChI=1S/C24H27N5O3/c30-22-7-3-14-29(22)18-8-10-19(11-9-18)32-17-23(31)27-12-4-13-28(16-15-27)24-25-20-5-1-2-6-21(20)26-24/h1-2,5-6,8-11H,3-4,7,12-17H2,(H,25,26). The monoisotopic (exact) mass is 433 g/mol. The summed E-state index contributed by atoms with van der Waals surface area (Å²) in [6.07, 6.45) is 2.38. The molecule has 32 heavy (non-hydrogen) atoms. The number of fused-ring (bicyclic) bond motifs is 1. The van der Waals surface area contributed by atoms with E-state index < -0.39 is 0 Å². The minimum atomic E-state index is -0.0183. The first kappa shape index (κ1) is 20.4. The summed E-state index contributed by atoms with van der Waals surface area (Å²) in [7, 11) is 0. The Bertz CT molecular complexity index is 1080. The molecule has 2 aromatic carbocycles. The van der Waals surface area contributed by atoms with E-state index in [0.717, 1.165) is 55.1 Å². The number of hydrogen-bond donors (Lipinski definition) is 1. The summed E-state index contributed by atoms with van der Waals surface area (Å²) < 4.78 is 5.73. The van der Waals surface area contributed by atoms with Gasteiger partial charge in [0.25, 0.3) is 5.91 Å². The first-order valence-corrected chi connectivity index (χ1v) is 11.2. The average Bonchev–Trinajstić information content (AvgIpc) is 3.36. The second kappa shape index (κ2) is 8.90. The van der Waals surface area contributed by atoms with Crippen LogP contribution in [0.2, 0.25) is 0 Å². The quantitative estimate of drug-likeness (QED) is 0.669. The summed E-state index contributed by atoms with van der Waals surface area (Å²) in [5.74, 6) is 1.63. The number of carbonyl (C=O) groups excluding carboxylic acids is 2. The molecule has 166 valence electrons. The number of carbonyl (C=O) groups is 2. The first-order valence-electron chi connectivity index (χ1n) is 11.2. The maximum Gasteiger partial charge on any atom is 0.260 e. The minimum Gasteiger partial charge on any atom is -0.484 e. The summed E-state index contributed by atoms with van der Waals surface area (Å²) in [4.78, 5) is 38.5. The van der Waals surface area contributed by atoms with Crippen molar-refractivity contribution >= 4 is 34.5 Å². The van der Waals surface area contributed by atoms with Gasteiger partial charge < -0.3 is 24.4 Å². The van der Waals surface area contributed by atoms with Crippen molar-refractivity contribution in [2.75, 3.05) is 49.1 Å². The lowest BCUT2D eigenvalue weighted by Crippen LogP contribution is -2.38. The fraction of sp³-hybridized carbons (Fsp3) is 0.375. The van der Waals surface area contributed by atoms with Gasteiger partial charge in [0.05, 0.1) is 11.0 Å². The molecule has 0 bridgehead atoms. The van der Waals surface area contributed by atoms with Gasteiger partial charge in [-0.3, -0.25) is 9.59 Å². The van der Waals surface area contributed by atoms with Crippen LogP contribution in [0.4, 0.5) is 11.6 Å². The lowest BCUT2D eigenvalue weighted by Gasteiger charge is -2.22. The van der Waals surface area contributed by atoms with Crippen LogP contribution in [0.5, 0.6) is 5.75 Å². The van der Waals surface area contributed by atoms with E-state index in [9.17, 15) is 9.59 Å². The fourth-order valence-corrected chi connectivity index (χ4v) is 4.35. The van der Waals surface area contributed by atoms with Gasteiger partial charge in [0.1, 0.15) is 5.75 Å². The number of nitrogens with zero attached hydrogens (tertiary/aromatic N) is 4. The van der Waals surface area contributed by atoms with Crippen molar-refractivity contribution in [1.29, 1.82) is 0 Å². The Balaban J connectivity index is 1.14. The molecule has 8 heteroatoms. The summed E-state index contributed by atoms with van der Waals surface area (Å²) in [5.41, 5.74) is 2.85. The van der Waals surface area contributed by atoms with Crippen LogP contribution >= 0.6 is 0 Å². The van der Waals surface area contributed by atoms with E-state index in [4.69, 9.17) is 4.74 Å². The number of aromatic amines is 1. The molecule has 1 aromatic heterocycles. The number of nitrogens with one attached hydrogen (secondary N) is 1. The minimum absolute atomic E-state index is 0.00658. The van der Waals surface area contributed by atoms with Crippen LogP contribution in [0.25, 0.3) is 11.0 Å². The highest BCUT2D eigenvalue weighted by molar-refractivity contribution is 5.95. The third-order valence-corrected chi connectivity index (χ3v) is 6.11. The Morgan fingerprint density at radius 1 is 0.969 bits per heavy atom. The molecule has 0 radical (unpaired) electrons. The smallest absolute Gasteiger partial charge is 0.260 e. The largest absolute Gasteiger partial charge is 0.484 e. The molecule has 3 aromatic rings. The number of anilines is 2. The zero-order valence-corrected chi connectivity index (χ0v) is 18.0. The Morgan fingerprint density at radius 2 is 1.81 bits per heavy atom. The van der Waals surface area contributed by atoms with Gasteiger partial charge in [-0.15, -0.1) is 0 Å². The highest BCUT2D eigenvalue weighted by Gasteiger charge is 2.23. The van der Waals surface area contributed by atoms with Crippen molar-refractivity contribution in [3.05, 3.63) is 48.5 Å². The highest BCUT2D eigenvalue weighted by atomic mass is 16.5. The van der Waals surface area contributed by atoms with Crippen molar-refractivity contribution in [3.8, 4) is 5.75 Å². The molecule has 2 saturated heterocycles. The molecular weight excluding hydrogens is 406 g/mol. The van der Waals surface area contributed by atoms with E-state index in [-0.39, 0.29) is 18.4 Å². The van der Waals surface area contributed by atoms with Crippen LogP contribution in [0.15, 0.2) is 48.5 Å². The van der Waals surface area contributed by atoms with E-state index in [0.29, 0.717) is 25.3 Å². The molecule has 2 aliphatic heterocycles. The zero-order valence-electron chi connectivity index (χ0n) is 18.0. The van der Waals surface area contributed by atoms with Crippen molar-refractivity contribution in [1.82, 2.24) is 14.9 Å². The van der Waals surface area contributed by atoms with Gasteiger partial charge in [-0.05, 0) is 49.2 Å². The Morgan fingerprint density at radius 3 is 2.59 bits per heavy atom. The van der Waals surface area contributed by atoms with Crippen LogP contribution < -0.4 is 14.5 Å². The van der Waals surface area contributed by atoms with E-state index in [1.807, 2.05) is 53.4 Å². The van der Waals surface area contributed by atoms with Gasteiger partial charge in [0.15, 0.2) is 6.61 Å². The maximum absolute atomic E-state index is 12.7. The lowest BCUT2D eigenvalue weighted by molar-refractivity contribution is -0.133. The van der Waals surface area contributed by atoms with Gasteiger partial charge in [-0.2, -0.15) is 0 Å². The fourth-order valence-electron chi connectivity index (χ4n) is 4.35. The normalized spacial score (nSPS) is 17.1. The molecule has 0 spiro atoms. The SMILES string of the molecule is O=C(COc1ccc(N2CCCC2=O)cc1)N1CCCN(c2nc3ccccc3[nH]2)CC1. The number of ether oxygens (including phenoxy) is 1. The number of benzene rings is 2. The van der Waals surface area contributed by atoms with Gasteiger partial charge >= 0.3 is 0 Å². The summed E-state index contributed by atoms with van der Waals surface area (Å²) >= 11 is 0. The average molecular weight is 434 g/mol. The first-order chi connectivity index (χ1) is 15.7. The summed E-state index contributed by atoms with van der Waals surface area (Å²) in [6.45, 7) is 3.68. The summed E-state index contributed by atoms with van der Waals surface area (Å²) in [6, 6.07) is 15.4. The Labute approximate surface area is 186 Å². The van der Waals surface area contributed by atoms with Crippen LogP contribution in [0, 0.1) is 0 Å². The zero-order chi connectivity index (χ0) is 21.9. The number of amides is 2. The second-order valence-corrected chi connectivity index (χ2v) is 8.23. The van der Waals surface area contributed by atoms with Crippen molar-refractivity contribution in [2.24, 2.45) is 0 Å². The third-order valence-electron chi connectivity index (χ3n) is 6.11.